The van der Waals surface area contributed by atoms with Gasteiger partial charge in [-0.15, -0.1) is 0 Å². The Morgan fingerprint density at radius 1 is 1.23 bits per heavy atom. The number of carbonyl (C=O) groups is 3. The van der Waals surface area contributed by atoms with E-state index < -0.39 is 12.0 Å². The smallest absolute Gasteiger partial charge is 0.323 e. The van der Waals surface area contributed by atoms with Gasteiger partial charge >= 0.3 is 5.97 Å². The zero-order valence-corrected chi connectivity index (χ0v) is 15.8. The van der Waals surface area contributed by atoms with E-state index in [2.05, 4.69) is 0 Å². The highest BCUT2D eigenvalue weighted by atomic mass is 16.4. The van der Waals surface area contributed by atoms with Crippen molar-refractivity contribution < 1.29 is 19.5 Å². The SMILES string of the molecule is CCCN(CC(=O)O)C(=O)C1Cc2ccccc2CN1C(=O)C(C)CC. The van der Waals surface area contributed by atoms with Crippen molar-refractivity contribution in [2.75, 3.05) is 13.1 Å². The molecule has 0 fully saturated rings. The average molecular weight is 360 g/mol. The topological polar surface area (TPSA) is 77.9 Å². The van der Waals surface area contributed by atoms with Crippen LogP contribution >= 0.6 is 0 Å². The second-order valence-electron chi connectivity index (χ2n) is 6.92. The summed E-state index contributed by atoms with van der Waals surface area (Å²) in [6.07, 6.45) is 1.80. The lowest BCUT2D eigenvalue weighted by Crippen LogP contribution is -2.55. The number of hydrogen-bond acceptors (Lipinski definition) is 3. The molecule has 0 saturated carbocycles. The summed E-state index contributed by atoms with van der Waals surface area (Å²) in [4.78, 5) is 40.2. The Morgan fingerprint density at radius 2 is 1.88 bits per heavy atom. The van der Waals surface area contributed by atoms with Crippen LogP contribution in [-0.2, 0) is 27.3 Å². The number of hydrogen-bond donors (Lipinski definition) is 1. The van der Waals surface area contributed by atoms with Crippen LogP contribution in [0.15, 0.2) is 24.3 Å². The van der Waals surface area contributed by atoms with Gasteiger partial charge in [0.25, 0.3) is 0 Å². The fourth-order valence-electron chi connectivity index (χ4n) is 3.34. The van der Waals surface area contributed by atoms with Gasteiger partial charge in [-0.2, -0.15) is 0 Å². The molecule has 1 aromatic carbocycles. The second-order valence-corrected chi connectivity index (χ2v) is 6.92. The van der Waals surface area contributed by atoms with E-state index >= 15 is 0 Å². The molecule has 2 atom stereocenters. The third-order valence-corrected chi connectivity index (χ3v) is 4.98. The predicted molar refractivity (Wildman–Crippen MR) is 98.4 cm³/mol. The highest BCUT2D eigenvalue weighted by molar-refractivity contribution is 5.90. The Kier molecular flexibility index (Phi) is 6.77. The minimum Gasteiger partial charge on any atom is -0.480 e. The molecule has 0 spiro atoms. The Balaban J connectivity index is 2.35. The van der Waals surface area contributed by atoms with Crippen molar-refractivity contribution in [3.8, 4) is 0 Å². The first-order valence-electron chi connectivity index (χ1n) is 9.26. The molecule has 0 radical (unpaired) electrons. The minimum absolute atomic E-state index is 0.0490. The number of nitrogens with zero attached hydrogens (tertiary/aromatic N) is 2. The molecule has 0 aromatic heterocycles. The highest BCUT2D eigenvalue weighted by Crippen LogP contribution is 2.26. The maximum atomic E-state index is 13.1. The number of amides is 2. The van der Waals surface area contributed by atoms with Crippen molar-refractivity contribution >= 4 is 17.8 Å². The summed E-state index contributed by atoms with van der Waals surface area (Å²) >= 11 is 0. The van der Waals surface area contributed by atoms with Crippen LogP contribution in [0.5, 0.6) is 0 Å². The number of rotatable bonds is 7. The third-order valence-electron chi connectivity index (χ3n) is 4.98. The van der Waals surface area contributed by atoms with Crippen molar-refractivity contribution in [1.29, 1.82) is 0 Å². The molecule has 0 aliphatic carbocycles. The van der Waals surface area contributed by atoms with E-state index in [4.69, 9.17) is 5.11 Å². The summed E-state index contributed by atoms with van der Waals surface area (Å²) in [6, 6.07) is 7.17. The van der Waals surface area contributed by atoms with Gasteiger partial charge in [-0.25, -0.2) is 0 Å². The van der Waals surface area contributed by atoms with Gasteiger partial charge in [-0.3, -0.25) is 14.4 Å². The molecule has 142 valence electrons. The summed E-state index contributed by atoms with van der Waals surface area (Å²) in [7, 11) is 0. The summed E-state index contributed by atoms with van der Waals surface area (Å²) in [6.45, 7) is 6.14. The molecule has 2 unspecified atom stereocenters. The monoisotopic (exact) mass is 360 g/mol. The Labute approximate surface area is 154 Å². The lowest BCUT2D eigenvalue weighted by Gasteiger charge is -2.39. The molecule has 26 heavy (non-hydrogen) atoms. The van der Waals surface area contributed by atoms with Crippen LogP contribution in [-0.4, -0.2) is 51.8 Å². The summed E-state index contributed by atoms with van der Waals surface area (Å²) in [5.41, 5.74) is 2.10. The maximum absolute atomic E-state index is 13.1. The van der Waals surface area contributed by atoms with Crippen molar-refractivity contribution in [3.05, 3.63) is 35.4 Å². The maximum Gasteiger partial charge on any atom is 0.323 e. The normalized spacial score (nSPS) is 17.3. The van der Waals surface area contributed by atoms with Gasteiger partial charge in [0.2, 0.25) is 11.8 Å². The first-order chi connectivity index (χ1) is 12.4. The van der Waals surface area contributed by atoms with E-state index in [0.717, 1.165) is 11.1 Å². The molecular formula is C20H28N2O4. The number of carboxylic acids is 1. The molecule has 1 aliphatic heterocycles. The van der Waals surface area contributed by atoms with Gasteiger partial charge < -0.3 is 14.9 Å². The van der Waals surface area contributed by atoms with Crippen molar-refractivity contribution in [3.63, 3.8) is 0 Å². The Morgan fingerprint density at radius 3 is 2.46 bits per heavy atom. The number of fused-ring (bicyclic) bond motifs is 1. The second kappa shape index (κ2) is 8.83. The number of aliphatic carboxylic acids is 1. The van der Waals surface area contributed by atoms with Crippen LogP contribution in [0.1, 0.15) is 44.7 Å². The summed E-state index contributed by atoms with van der Waals surface area (Å²) < 4.78 is 0. The van der Waals surface area contributed by atoms with Crippen LogP contribution in [0, 0.1) is 5.92 Å². The van der Waals surface area contributed by atoms with E-state index in [1.807, 2.05) is 45.0 Å². The summed E-state index contributed by atoms with van der Waals surface area (Å²) in [5.74, 6) is -1.54. The molecule has 1 aliphatic rings. The van der Waals surface area contributed by atoms with Gasteiger partial charge in [0.15, 0.2) is 0 Å². The molecule has 0 bridgehead atoms. The minimum atomic E-state index is -1.04. The van der Waals surface area contributed by atoms with Gasteiger partial charge in [-0.05, 0) is 24.0 Å². The molecule has 2 rings (SSSR count). The van der Waals surface area contributed by atoms with Crippen LogP contribution < -0.4 is 0 Å². The van der Waals surface area contributed by atoms with Crippen molar-refractivity contribution in [2.45, 2.75) is 52.6 Å². The van der Waals surface area contributed by atoms with Crippen LogP contribution in [0.2, 0.25) is 0 Å². The van der Waals surface area contributed by atoms with Gasteiger partial charge in [-0.1, -0.05) is 45.0 Å². The molecular weight excluding hydrogens is 332 g/mol. The van der Waals surface area contributed by atoms with E-state index in [1.54, 1.807) is 4.90 Å². The van der Waals surface area contributed by atoms with Gasteiger partial charge in [0.1, 0.15) is 12.6 Å². The lowest BCUT2D eigenvalue weighted by molar-refractivity contribution is -0.152. The van der Waals surface area contributed by atoms with Crippen LogP contribution in [0.3, 0.4) is 0 Å². The zero-order chi connectivity index (χ0) is 19.3. The van der Waals surface area contributed by atoms with Crippen LogP contribution in [0.25, 0.3) is 0 Å². The largest absolute Gasteiger partial charge is 0.480 e. The molecule has 1 aromatic rings. The number of benzene rings is 1. The quantitative estimate of drug-likeness (QED) is 0.809. The van der Waals surface area contributed by atoms with Crippen molar-refractivity contribution in [2.24, 2.45) is 5.92 Å². The Bertz CT molecular complexity index is 674. The van der Waals surface area contributed by atoms with Crippen LogP contribution in [0.4, 0.5) is 0 Å². The Hall–Kier alpha value is -2.37. The summed E-state index contributed by atoms with van der Waals surface area (Å²) in [5, 5.41) is 9.14. The zero-order valence-electron chi connectivity index (χ0n) is 15.8. The van der Waals surface area contributed by atoms with Gasteiger partial charge in [0.05, 0.1) is 0 Å². The van der Waals surface area contributed by atoms with E-state index in [1.165, 1.54) is 4.90 Å². The third kappa shape index (κ3) is 4.42. The lowest BCUT2D eigenvalue weighted by atomic mass is 9.91. The fourth-order valence-corrected chi connectivity index (χ4v) is 3.34. The van der Waals surface area contributed by atoms with E-state index in [-0.39, 0.29) is 24.3 Å². The van der Waals surface area contributed by atoms with E-state index in [9.17, 15) is 14.4 Å². The standard InChI is InChI=1S/C20H28N2O4/c1-4-10-21(13-18(23)24)20(26)17-11-15-8-6-7-9-16(15)12-22(17)19(25)14(3)5-2/h6-9,14,17H,4-5,10-13H2,1-3H3,(H,23,24). The van der Waals surface area contributed by atoms with E-state index in [0.29, 0.717) is 32.4 Å². The average Bonchev–Trinajstić information content (AvgIpc) is 2.64. The molecule has 0 saturated heterocycles. The molecule has 6 nitrogen and oxygen atoms in total. The predicted octanol–water partition coefficient (Wildman–Crippen LogP) is 2.31. The molecule has 2 amide bonds. The van der Waals surface area contributed by atoms with Gasteiger partial charge in [0, 0.05) is 25.4 Å². The molecule has 6 heteroatoms. The first-order valence-corrected chi connectivity index (χ1v) is 9.26. The van der Waals surface area contributed by atoms with Crippen molar-refractivity contribution in [1.82, 2.24) is 9.80 Å². The number of carbonyl (C=O) groups excluding carboxylic acids is 2. The number of carboxylic acid groups (broad SMARTS) is 1. The highest BCUT2D eigenvalue weighted by Gasteiger charge is 2.38. The first kappa shape index (κ1) is 19.9. The molecule has 1 heterocycles. The fraction of sp³-hybridized carbons (Fsp3) is 0.550. The molecule has 1 N–H and O–H groups in total.